The first-order valence-corrected chi connectivity index (χ1v) is 17.9. The highest BCUT2D eigenvalue weighted by Gasteiger charge is 2.59. The molecule has 4 saturated carbocycles. The Kier molecular flexibility index (Phi) is 6.33. The third-order valence-corrected chi connectivity index (χ3v) is 13.0. The van der Waals surface area contributed by atoms with Crippen LogP contribution in [0.1, 0.15) is 115 Å². The van der Waals surface area contributed by atoms with Crippen LogP contribution in [0.25, 0.3) is 0 Å². The van der Waals surface area contributed by atoms with Crippen molar-refractivity contribution in [2.45, 2.75) is 93.8 Å². The molecule has 0 amide bonds. The predicted molar refractivity (Wildman–Crippen MR) is 170 cm³/mol. The van der Waals surface area contributed by atoms with E-state index in [0.717, 1.165) is 44.1 Å². The number of rotatable bonds is 6. The fourth-order valence-electron chi connectivity index (χ4n) is 11.1. The Morgan fingerprint density at radius 2 is 1.50 bits per heavy atom. The maximum Gasteiger partial charge on any atom is 0.309 e. The van der Waals surface area contributed by atoms with Crippen molar-refractivity contribution >= 4 is 16.1 Å². The fourth-order valence-corrected chi connectivity index (χ4v) is 12.0. The number of carbonyl (C=O) groups is 1. The van der Waals surface area contributed by atoms with Crippen LogP contribution in [0, 0.1) is 30.1 Å². The van der Waals surface area contributed by atoms with E-state index in [1.54, 1.807) is 6.07 Å². The Balaban J connectivity index is 1.09. The summed E-state index contributed by atoms with van der Waals surface area (Å²) < 4.78 is 41.0. The smallest absolute Gasteiger partial charge is 0.309 e. The molecule has 7 aliphatic carbocycles. The topological polar surface area (TPSA) is 80.7 Å². The van der Waals surface area contributed by atoms with Crippen LogP contribution in [-0.2, 0) is 25.1 Å². The SMILES string of the molecule is Cc1cc(S(=O)(=O)O)c(C(C)C)cc1C12CC3CC(CC(COC(=O)C4CC5c6ccccc6C4c4ccccc45)(C3)C1)C2. The minimum atomic E-state index is -4.31. The third kappa shape index (κ3) is 4.27. The summed E-state index contributed by atoms with van der Waals surface area (Å²) in [7, 11) is -4.31. The molecule has 5 nitrogen and oxygen atoms in total. The Morgan fingerprint density at radius 3 is 2.07 bits per heavy atom. The molecule has 1 N–H and O–H groups in total. The molecule has 3 atom stereocenters. The molecular formula is C38H42O5S. The lowest BCUT2D eigenvalue weighted by Gasteiger charge is -2.62. The lowest BCUT2D eigenvalue weighted by Crippen LogP contribution is -2.56. The largest absolute Gasteiger partial charge is 0.465 e. The Hall–Kier alpha value is -2.96. The first-order chi connectivity index (χ1) is 21.0. The van der Waals surface area contributed by atoms with Crippen LogP contribution < -0.4 is 0 Å². The van der Waals surface area contributed by atoms with Crippen molar-refractivity contribution in [3.63, 3.8) is 0 Å². The second kappa shape index (κ2) is 9.77. The molecular weight excluding hydrogens is 568 g/mol. The number of esters is 1. The summed E-state index contributed by atoms with van der Waals surface area (Å²) in [5.74, 6) is 1.19. The van der Waals surface area contributed by atoms with Crippen molar-refractivity contribution < 1.29 is 22.5 Å². The van der Waals surface area contributed by atoms with Gasteiger partial charge < -0.3 is 4.74 Å². The molecule has 3 aromatic rings. The van der Waals surface area contributed by atoms with E-state index in [4.69, 9.17) is 4.74 Å². The van der Waals surface area contributed by atoms with E-state index in [1.165, 1.54) is 34.2 Å². The standard InChI is InChI=1S/C38H42O5S/c1-22(2)30-15-33(23(3)12-34(30)44(40,41)42)38-18-24-13-25(19-38)17-37(16-24,20-38)21-43-36(39)32-14-31-26-8-4-6-10-28(26)35(32)29-11-7-5-9-27(29)31/h4-12,15,22,24-25,31-32,35H,13-14,16-21H2,1-3H3,(H,40,41,42). The molecule has 6 heteroatoms. The molecule has 0 aromatic heterocycles. The maximum absolute atomic E-state index is 14.1. The summed E-state index contributed by atoms with van der Waals surface area (Å²) >= 11 is 0. The van der Waals surface area contributed by atoms with Gasteiger partial charge in [0.25, 0.3) is 10.1 Å². The van der Waals surface area contributed by atoms with Gasteiger partial charge in [-0.2, -0.15) is 8.42 Å². The van der Waals surface area contributed by atoms with Crippen molar-refractivity contribution in [3.8, 4) is 0 Å². The van der Waals surface area contributed by atoms with Crippen LogP contribution in [-0.4, -0.2) is 25.5 Å². The van der Waals surface area contributed by atoms with Crippen LogP contribution in [0.4, 0.5) is 0 Å². The zero-order chi connectivity index (χ0) is 30.6. The number of fused-ring (bicyclic) bond motifs is 1. The summed E-state index contributed by atoms with van der Waals surface area (Å²) in [4.78, 5) is 14.1. The first-order valence-electron chi connectivity index (χ1n) is 16.4. The molecule has 0 saturated heterocycles. The van der Waals surface area contributed by atoms with Gasteiger partial charge in [0.15, 0.2) is 0 Å². The van der Waals surface area contributed by atoms with Gasteiger partial charge in [-0.25, -0.2) is 0 Å². The zero-order valence-electron chi connectivity index (χ0n) is 25.9. The van der Waals surface area contributed by atoms with Crippen molar-refractivity contribution in [1.29, 1.82) is 0 Å². The summed E-state index contributed by atoms with van der Waals surface area (Å²) in [6.07, 6.45) is 7.39. The lowest BCUT2D eigenvalue weighted by molar-refractivity contribution is -0.163. The van der Waals surface area contributed by atoms with E-state index in [1.807, 2.05) is 20.8 Å². The highest BCUT2D eigenvalue weighted by atomic mass is 32.2. The first kappa shape index (κ1) is 28.5. The third-order valence-electron chi connectivity index (χ3n) is 12.1. The zero-order valence-corrected chi connectivity index (χ0v) is 26.7. The van der Waals surface area contributed by atoms with Crippen LogP contribution in [0.3, 0.4) is 0 Å². The molecule has 0 heterocycles. The molecule has 6 bridgehead atoms. The number of hydrogen-bond acceptors (Lipinski definition) is 4. The number of ether oxygens (including phenoxy) is 1. The molecule has 7 aliphatic rings. The van der Waals surface area contributed by atoms with E-state index >= 15 is 0 Å². The van der Waals surface area contributed by atoms with E-state index in [0.29, 0.717) is 24.0 Å². The second-order valence-electron chi connectivity index (χ2n) is 15.3. The van der Waals surface area contributed by atoms with E-state index in [9.17, 15) is 17.8 Å². The molecule has 3 aromatic carbocycles. The summed E-state index contributed by atoms with van der Waals surface area (Å²) in [5, 5.41) is 0. The monoisotopic (exact) mass is 610 g/mol. The minimum Gasteiger partial charge on any atom is -0.465 e. The van der Waals surface area contributed by atoms with Crippen molar-refractivity contribution in [1.82, 2.24) is 0 Å². The van der Waals surface area contributed by atoms with Crippen LogP contribution in [0.2, 0.25) is 0 Å². The summed E-state index contributed by atoms with van der Waals surface area (Å²) in [6, 6.07) is 21.1. The fraction of sp³-hybridized carbons (Fsp3) is 0.500. The van der Waals surface area contributed by atoms with Crippen LogP contribution in [0.5, 0.6) is 0 Å². The van der Waals surface area contributed by atoms with Crippen molar-refractivity contribution in [2.75, 3.05) is 6.61 Å². The van der Waals surface area contributed by atoms with Gasteiger partial charge in [-0.1, -0.05) is 68.4 Å². The summed E-state index contributed by atoms with van der Waals surface area (Å²) in [6.45, 7) is 6.43. The average Bonchev–Trinajstić information content (AvgIpc) is 2.98. The van der Waals surface area contributed by atoms with Crippen LogP contribution >= 0.6 is 0 Å². The molecule has 0 spiro atoms. The average molecular weight is 611 g/mol. The molecule has 4 fully saturated rings. The summed E-state index contributed by atoms with van der Waals surface area (Å²) in [5.41, 5.74) is 8.05. The number of benzene rings is 3. The van der Waals surface area contributed by atoms with Gasteiger partial charge in [0.2, 0.25) is 0 Å². The van der Waals surface area contributed by atoms with E-state index in [2.05, 4.69) is 54.6 Å². The number of hydrogen-bond donors (Lipinski definition) is 1. The molecule has 230 valence electrons. The quantitative estimate of drug-likeness (QED) is 0.226. The molecule has 3 unspecified atom stereocenters. The number of carbonyl (C=O) groups excluding carboxylic acids is 1. The lowest BCUT2D eigenvalue weighted by atomic mass is 9.43. The van der Waals surface area contributed by atoms with Crippen LogP contribution in [0.15, 0.2) is 65.6 Å². The van der Waals surface area contributed by atoms with Gasteiger partial charge in [-0.15, -0.1) is 0 Å². The van der Waals surface area contributed by atoms with Gasteiger partial charge in [-0.05, 0) is 120 Å². The Bertz CT molecular complexity index is 1730. The van der Waals surface area contributed by atoms with Crippen molar-refractivity contribution in [2.24, 2.45) is 23.2 Å². The normalized spacial score (nSPS) is 32.9. The number of aryl methyl sites for hydroxylation is 1. The maximum atomic E-state index is 14.1. The molecule has 44 heavy (non-hydrogen) atoms. The predicted octanol–water partition coefficient (Wildman–Crippen LogP) is 8.04. The van der Waals surface area contributed by atoms with Gasteiger partial charge >= 0.3 is 5.97 Å². The second-order valence-corrected chi connectivity index (χ2v) is 16.7. The minimum absolute atomic E-state index is 0.0313. The van der Waals surface area contributed by atoms with Gasteiger partial charge in [0.1, 0.15) is 0 Å². The molecule has 10 rings (SSSR count). The Labute approximate surface area is 261 Å². The van der Waals surface area contributed by atoms with Gasteiger partial charge in [0, 0.05) is 17.3 Å². The highest BCUT2D eigenvalue weighted by molar-refractivity contribution is 7.85. The van der Waals surface area contributed by atoms with Crippen molar-refractivity contribution in [3.05, 3.63) is 99.6 Å². The van der Waals surface area contributed by atoms with Gasteiger partial charge in [0.05, 0.1) is 17.4 Å². The Morgan fingerprint density at radius 1 is 0.909 bits per heavy atom. The molecule has 0 aliphatic heterocycles. The molecule has 0 radical (unpaired) electrons. The van der Waals surface area contributed by atoms with E-state index < -0.39 is 10.1 Å². The van der Waals surface area contributed by atoms with E-state index in [-0.39, 0.29) is 45.4 Å². The highest BCUT2D eigenvalue weighted by Crippen LogP contribution is 2.66. The van der Waals surface area contributed by atoms with Gasteiger partial charge in [-0.3, -0.25) is 9.35 Å².